The number of hydrogen-bond acceptors (Lipinski definition) is 4. The molecular formula is C12H15N3O3. The van der Waals surface area contributed by atoms with Crippen LogP contribution in [0.2, 0.25) is 0 Å². The molecular weight excluding hydrogens is 234 g/mol. The van der Waals surface area contributed by atoms with Gasteiger partial charge in [0.25, 0.3) is 5.56 Å². The summed E-state index contributed by atoms with van der Waals surface area (Å²) in [5, 5.41) is 2.25. The number of nitrogens with one attached hydrogen (secondary N) is 1. The van der Waals surface area contributed by atoms with E-state index < -0.39 is 11.8 Å². The summed E-state index contributed by atoms with van der Waals surface area (Å²) in [5.41, 5.74) is 6.53. The highest BCUT2D eigenvalue weighted by Crippen LogP contribution is 2.22. The molecule has 1 aliphatic rings. The van der Waals surface area contributed by atoms with Crippen LogP contribution >= 0.6 is 0 Å². The van der Waals surface area contributed by atoms with Crippen LogP contribution in [0.4, 0.5) is 0 Å². The summed E-state index contributed by atoms with van der Waals surface area (Å²) >= 11 is 0. The van der Waals surface area contributed by atoms with Crippen molar-refractivity contribution < 1.29 is 9.59 Å². The van der Waals surface area contributed by atoms with E-state index in [4.69, 9.17) is 5.73 Å². The van der Waals surface area contributed by atoms with E-state index in [1.165, 1.54) is 4.57 Å². The second kappa shape index (κ2) is 4.73. The van der Waals surface area contributed by atoms with Gasteiger partial charge in [0.2, 0.25) is 11.8 Å². The lowest BCUT2D eigenvalue weighted by molar-refractivity contribution is -0.134. The van der Waals surface area contributed by atoms with Crippen LogP contribution in [0, 0.1) is 0 Å². The number of piperidine rings is 1. The first-order valence-corrected chi connectivity index (χ1v) is 5.76. The van der Waals surface area contributed by atoms with Crippen molar-refractivity contribution in [3.8, 4) is 0 Å². The van der Waals surface area contributed by atoms with Crippen molar-refractivity contribution in [1.29, 1.82) is 0 Å². The van der Waals surface area contributed by atoms with Gasteiger partial charge in [-0.15, -0.1) is 0 Å². The number of aryl methyl sites for hydroxylation is 1. The van der Waals surface area contributed by atoms with Gasteiger partial charge in [-0.25, -0.2) is 0 Å². The van der Waals surface area contributed by atoms with Crippen molar-refractivity contribution in [3.63, 3.8) is 0 Å². The smallest absolute Gasteiger partial charge is 0.254 e. The molecule has 2 heterocycles. The largest absolute Gasteiger partial charge is 0.326 e. The second-order valence-corrected chi connectivity index (χ2v) is 4.43. The Kier molecular flexibility index (Phi) is 3.29. The Bertz CT molecular complexity index is 562. The number of amides is 2. The minimum Gasteiger partial charge on any atom is -0.326 e. The van der Waals surface area contributed by atoms with E-state index in [2.05, 4.69) is 5.32 Å². The van der Waals surface area contributed by atoms with E-state index in [1.54, 1.807) is 19.3 Å². The Balaban J connectivity index is 2.44. The highest BCUT2D eigenvalue weighted by molar-refractivity contribution is 6.00. The molecule has 1 aromatic heterocycles. The molecule has 0 bridgehead atoms. The number of pyridine rings is 1. The standard InChI is InChI=1S/C12H15N3O3/c1-15-6-7(5-13)4-9(12(15)18)8-2-3-10(16)14-11(8)17/h4,6,8H,2-3,5,13H2,1H3,(H,14,16,17). The Hall–Kier alpha value is -1.95. The molecule has 6 heteroatoms. The molecule has 1 saturated heterocycles. The average Bonchev–Trinajstić information content (AvgIpc) is 2.33. The summed E-state index contributed by atoms with van der Waals surface area (Å²) in [6, 6.07) is 1.66. The lowest BCUT2D eigenvalue weighted by Crippen LogP contribution is -2.41. The molecule has 96 valence electrons. The molecule has 1 fully saturated rings. The van der Waals surface area contributed by atoms with E-state index in [0.29, 0.717) is 18.5 Å². The Morgan fingerprint density at radius 3 is 2.78 bits per heavy atom. The van der Waals surface area contributed by atoms with E-state index >= 15 is 0 Å². The van der Waals surface area contributed by atoms with E-state index in [-0.39, 0.29) is 17.9 Å². The van der Waals surface area contributed by atoms with Gasteiger partial charge in [-0.05, 0) is 18.1 Å². The quantitative estimate of drug-likeness (QED) is 0.682. The van der Waals surface area contributed by atoms with Gasteiger partial charge in [0.15, 0.2) is 0 Å². The lowest BCUT2D eigenvalue weighted by atomic mass is 9.90. The number of carbonyl (C=O) groups excluding carboxylic acids is 2. The van der Waals surface area contributed by atoms with Gasteiger partial charge in [-0.3, -0.25) is 19.7 Å². The van der Waals surface area contributed by atoms with Gasteiger partial charge < -0.3 is 10.3 Å². The van der Waals surface area contributed by atoms with Gasteiger partial charge in [-0.2, -0.15) is 0 Å². The minimum absolute atomic E-state index is 0.221. The van der Waals surface area contributed by atoms with Crippen LogP contribution < -0.4 is 16.6 Å². The monoisotopic (exact) mass is 249 g/mol. The first kappa shape index (κ1) is 12.5. The third-order valence-corrected chi connectivity index (χ3v) is 3.12. The highest BCUT2D eigenvalue weighted by atomic mass is 16.2. The molecule has 1 unspecified atom stereocenters. The molecule has 3 N–H and O–H groups in total. The SMILES string of the molecule is Cn1cc(CN)cc(C2CCC(=O)NC2=O)c1=O. The van der Waals surface area contributed by atoms with Gasteiger partial charge >= 0.3 is 0 Å². The van der Waals surface area contributed by atoms with Crippen LogP contribution in [-0.2, 0) is 23.2 Å². The molecule has 0 aromatic carbocycles. The molecule has 1 atom stereocenters. The third kappa shape index (κ3) is 2.19. The number of rotatable bonds is 2. The summed E-state index contributed by atoms with van der Waals surface area (Å²) < 4.78 is 1.42. The summed E-state index contributed by atoms with van der Waals surface area (Å²) in [4.78, 5) is 34.9. The fraction of sp³-hybridized carbons (Fsp3) is 0.417. The molecule has 0 radical (unpaired) electrons. The van der Waals surface area contributed by atoms with E-state index in [9.17, 15) is 14.4 Å². The molecule has 6 nitrogen and oxygen atoms in total. The number of nitrogens with zero attached hydrogens (tertiary/aromatic N) is 1. The number of nitrogens with two attached hydrogens (primary N) is 1. The lowest BCUT2D eigenvalue weighted by Gasteiger charge is -2.21. The molecule has 18 heavy (non-hydrogen) atoms. The summed E-state index contributed by atoms with van der Waals surface area (Å²) in [6.45, 7) is 0.300. The molecule has 1 aromatic rings. The van der Waals surface area contributed by atoms with Crippen molar-refractivity contribution in [2.24, 2.45) is 12.8 Å². The van der Waals surface area contributed by atoms with E-state index in [1.807, 2.05) is 0 Å². The van der Waals surface area contributed by atoms with Gasteiger partial charge in [-0.1, -0.05) is 0 Å². The van der Waals surface area contributed by atoms with Crippen LogP contribution in [0.1, 0.15) is 29.9 Å². The third-order valence-electron chi connectivity index (χ3n) is 3.12. The zero-order chi connectivity index (χ0) is 13.3. The average molecular weight is 249 g/mol. The molecule has 2 amide bonds. The van der Waals surface area contributed by atoms with E-state index in [0.717, 1.165) is 5.56 Å². The zero-order valence-corrected chi connectivity index (χ0v) is 10.1. The number of carbonyl (C=O) groups is 2. The van der Waals surface area contributed by atoms with Crippen molar-refractivity contribution in [2.75, 3.05) is 0 Å². The zero-order valence-electron chi connectivity index (χ0n) is 10.1. The minimum atomic E-state index is -0.562. The fourth-order valence-electron chi connectivity index (χ4n) is 2.16. The first-order valence-electron chi connectivity index (χ1n) is 5.76. The number of aromatic nitrogens is 1. The summed E-state index contributed by atoms with van der Waals surface area (Å²) in [7, 11) is 1.62. The topological polar surface area (TPSA) is 94.2 Å². The Morgan fingerprint density at radius 1 is 1.44 bits per heavy atom. The van der Waals surface area contributed by atoms with Crippen molar-refractivity contribution in [3.05, 3.63) is 33.7 Å². The van der Waals surface area contributed by atoms with Crippen LogP contribution in [0.5, 0.6) is 0 Å². The molecule has 0 saturated carbocycles. The van der Waals surface area contributed by atoms with Crippen LogP contribution in [-0.4, -0.2) is 16.4 Å². The van der Waals surface area contributed by atoms with Gasteiger partial charge in [0.1, 0.15) is 0 Å². The normalized spacial score (nSPS) is 19.8. The maximum atomic E-state index is 12.0. The number of hydrogen-bond donors (Lipinski definition) is 2. The predicted molar refractivity (Wildman–Crippen MR) is 64.7 cm³/mol. The maximum Gasteiger partial charge on any atom is 0.254 e. The van der Waals surface area contributed by atoms with Crippen LogP contribution in [0.3, 0.4) is 0 Å². The predicted octanol–water partition coefficient (Wildman–Crippen LogP) is -0.636. The van der Waals surface area contributed by atoms with Crippen molar-refractivity contribution in [2.45, 2.75) is 25.3 Å². The fourth-order valence-corrected chi connectivity index (χ4v) is 2.16. The van der Waals surface area contributed by atoms with Crippen LogP contribution in [0.15, 0.2) is 17.1 Å². The first-order chi connectivity index (χ1) is 8.52. The highest BCUT2D eigenvalue weighted by Gasteiger charge is 2.30. The van der Waals surface area contributed by atoms with Crippen molar-refractivity contribution in [1.82, 2.24) is 9.88 Å². The molecule has 0 spiro atoms. The molecule has 2 rings (SSSR count). The molecule has 0 aliphatic carbocycles. The van der Waals surface area contributed by atoms with Crippen molar-refractivity contribution >= 4 is 11.8 Å². The second-order valence-electron chi connectivity index (χ2n) is 4.43. The maximum absolute atomic E-state index is 12.0. The summed E-state index contributed by atoms with van der Waals surface area (Å²) in [5.74, 6) is -1.26. The van der Waals surface area contributed by atoms with Crippen LogP contribution in [0.25, 0.3) is 0 Å². The Labute approximate surface area is 104 Å². The Morgan fingerprint density at radius 2 is 2.17 bits per heavy atom. The van der Waals surface area contributed by atoms with Gasteiger partial charge in [0, 0.05) is 31.8 Å². The molecule has 1 aliphatic heterocycles. The van der Waals surface area contributed by atoms with Gasteiger partial charge in [0.05, 0.1) is 5.92 Å². The summed E-state index contributed by atoms with van der Waals surface area (Å²) in [6.07, 6.45) is 2.28. The number of imide groups is 1.